The highest BCUT2D eigenvalue weighted by molar-refractivity contribution is 6.17. The first-order chi connectivity index (χ1) is 12.5. The van der Waals surface area contributed by atoms with Gasteiger partial charge in [0, 0.05) is 18.3 Å². The van der Waals surface area contributed by atoms with Crippen LogP contribution in [0.15, 0.2) is 60.1 Å². The van der Waals surface area contributed by atoms with Crippen LogP contribution >= 0.6 is 0 Å². The Bertz CT molecular complexity index is 874. The second-order valence-electron chi connectivity index (χ2n) is 6.32. The molecule has 1 aliphatic rings. The van der Waals surface area contributed by atoms with Crippen LogP contribution in [0, 0.1) is 5.92 Å². The van der Waals surface area contributed by atoms with E-state index in [1.165, 1.54) is 12.0 Å². The maximum absolute atomic E-state index is 12.9. The molecule has 0 aliphatic carbocycles. The first kappa shape index (κ1) is 17.7. The third-order valence-electron chi connectivity index (χ3n) is 4.34. The summed E-state index contributed by atoms with van der Waals surface area (Å²) in [5.41, 5.74) is 1.20. The Balaban J connectivity index is 2.22. The SMILES string of the molecule is COc1ccccc1N1C(=O)C(O)=C(C(=O)C(C)C)C1c1cccnc1. The first-order valence-corrected chi connectivity index (χ1v) is 8.31. The number of hydrogen-bond donors (Lipinski definition) is 1. The number of anilines is 1. The molecule has 1 N–H and O–H groups in total. The van der Waals surface area contributed by atoms with Crippen molar-refractivity contribution in [3.8, 4) is 5.75 Å². The number of hydrogen-bond acceptors (Lipinski definition) is 5. The molecule has 1 atom stereocenters. The number of aliphatic hydroxyl groups excluding tert-OH is 1. The second-order valence-corrected chi connectivity index (χ2v) is 6.32. The highest BCUT2D eigenvalue weighted by Crippen LogP contribution is 2.44. The molecular formula is C20H20N2O4. The van der Waals surface area contributed by atoms with Crippen LogP contribution in [0.2, 0.25) is 0 Å². The third-order valence-corrected chi connectivity index (χ3v) is 4.34. The average molecular weight is 352 g/mol. The largest absolute Gasteiger partial charge is 0.503 e. The first-order valence-electron chi connectivity index (χ1n) is 8.31. The van der Waals surface area contributed by atoms with E-state index in [9.17, 15) is 14.7 Å². The minimum absolute atomic E-state index is 0.0870. The van der Waals surface area contributed by atoms with Crippen LogP contribution in [0.1, 0.15) is 25.5 Å². The van der Waals surface area contributed by atoms with Gasteiger partial charge in [0.1, 0.15) is 5.75 Å². The van der Waals surface area contributed by atoms with E-state index >= 15 is 0 Å². The number of aliphatic hydroxyl groups is 1. The van der Waals surface area contributed by atoms with E-state index in [1.807, 2.05) is 0 Å². The Hall–Kier alpha value is -3.15. The number of carbonyl (C=O) groups is 2. The number of para-hydroxylation sites is 2. The molecule has 1 aliphatic heterocycles. The van der Waals surface area contributed by atoms with Crippen LogP contribution in [-0.2, 0) is 9.59 Å². The second kappa shape index (κ2) is 7.00. The molecule has 0 bridgehead atoms. The zero-order valence-corrected chi connectivity index (χ0v) is 14.8. The molecule has 1 aromatic heterocycles. The smallest absolute Gasteiger partial charge is 0.294 e. The number of Topliss-reactive ketones (excluding diaryl/α,β-unsaturated/α-hetero) is 1. The number of methoxy groups -OCH3 is 1. The monoisotopic (exact) mass is 352 g/mol. The standard InChI is InChI=1S/C20H20N2O4/c1-12(2)18(23)16-17(13-7-6-10-21-11-13)22(20(25)19(16)24)14-8-4-5-9-15(14)26-3/h4-12,17,24H,1-3H3. The van der Waals surface area contributed by atoms with Gasteiger partial charge in [0.15, 0.2) is 11.5 Å². The van der Waals surface area contributed by atoms with Crippen LogP contribution in [0.3, 0.4) is 0 Å². The summed E-state index contributed by atoms with van der Waals surface area (Å²) < 4.78 is 5.37. The van der Waals surface area contributed by atoms with Crippen molar-refractivity contribution in [2.24, 2.45) is 5.92 Å². The highest BCUT2D eigenvalue weighted by Gasteiger charge is 2.45. The van der Waals surface area contributed by atoms with E-state index in [0.717, 1.165) is 0 Å². The van der Waals surface area contributed by atoms with E-state index in [-0.39, 0.29) is 17.3 Å². The molecule has 1 aromatic carbocycles. The number of benzene rings is 1. The van der Waals surface area contributed by atoms with Crippen molar-refractivity contribution in [1.82, 2.24) is 4.98 Å². The molecule has 3 rings (SSSR count). The number of ketones is 1. The van der Waals surface area contributed by atoms with E-state index in [2.05, 4.69) is 4.98 Å². The maximum Gasteiger partial charge on any atom is 0.294 e. The van der Waals surface area contributed by atoms with Crippen molar-refractivity contribution in [3.05, 3.63) is 65.7 Å². The molecule has 0 spiro atoms. The molecule has 2 aromatic rings. The van der Waals surface area contributed by atoms with Crippen molar-refractivity contribution >= 4 is 17.4 Å². The lowest BCUT2D eigenvalue weighted by Gasteiger charge is -2.28. The lowest BCUT2D eigenvalue weighted by molar-refractivity contribution is -0.119. The number of amides is 1. The van der Waals surface area contributed by atoms with Crippen molar-refractivity contribution in [3.63, 3.8) is 0 Å². The normalized spacial score (nSPS) is 17.2. The van der Waals surface area contributed by atoms with Gasteiger partial charge in [0.2, 0.25) is 0 Å². The summed E-state index contributed by atoms with van der Waals surface area (Å²) in [6, 6.07) is 9.74. The Kier molecular flexibility index (Phi) is 4.75. The van der Waals surface area contributed by atoms with Crippen LogP contribution in [0.4, 0.5) is 5.69 Å². The van der Waals surface area contributed by atoms with Gasteiger partial charge in [0.25, 0.3) is 5.91 Å². The van der Waals surface area contributed by atoms with Crippen molar-refractivity contribution in [1.29, 1.82) is 0 Å². The summed E-state index contributed by atoms with van der Waals surface area (Å²) >= 11 is 0. The van der Waals surface area contributed by atoms with Gasteiger partial charge in [-0.1, -0.05) is 32.0 Å². The molecule has 2 heterocycles. The van der Waals surface area contributed by atoms with Crippen LogP contribution in [0.5, 0.6) is 5.75 Å². The zero-order valence-electron chi connectivity index (χ0n) is 14.8. The number of aromatic nitrogens is 1. The van der Waals surface area contributed by atoms with Gasteiger partial charge in [-0.25, -0.2) is 0 Å². The quantitative estimate of drug-likeness (QED) is 0.894. The molecule has 26 heavy (non-hydrogen) atoms. The Labute approximate surface area is 151 Å². The number of carbonyl (C=O) groups excluding carboxylic acids is 2. The van der Waals surface area contributed by atoms with Gasteiger partial charge in [-0.2, -0.15) is 0 Å². The minimum atomic E-state index is -0.762. The average Bonchev–Trinajstić information content (AvgIpc) is 2.92. The molecule has 1 amide bonds. The lowest BCUT2D eigenvalue weighted by atomic mass is 9.92. The van der Waals surface area contributed by atoms with Crippen molar-refractivity contribution in [2.45, 2.75) is 19.9 Å². The molecule has 0 fully saturated rings. The maximum atomic E-state index is 12.9. The fourth-order valence-corrected chi connectivity index (χ4v) is 3.10. The zero-order chi connectivity index (χ0) is 18.8. The van der Waals surface area contributed by atoms with Gasteiger partial charge < -0.3 is 9.84 Å². The molecule has 1 unspecified atom stereocenters. The van der Waals surface area contributed by atoms with E-state index in [0.29, 0.717) is 17.0 Å². The summed E-state index contributed by atoms with van der Waals surface area (Å²) in [6.45, 7) is 3.47. The molecular weight excluding hydrogens is 332 g/mol. The van der Waals surface area contributed by atoms with Gasteiger partial charge in [-0.05, 0) is 23.8 Å². The molecule has 0 radical (unpaired) electrons. The van der Waals surface area contributed by atoms with Gasteiger partial charge in [-0.15, -0.1) is 0 Å². The van der Waals surface area contributed by atoms with Crippen LogP contribution in [0.25, 0.3) is 0 Å². The number of ether oxygens (including phenoxy) is 1. The fourth-order valence-electron chi connectivity index (χ4n) is 3.10. The molecule has 0 saturated carbocycles. The molecule has 134 valence electrons. The Morgan fingerprint density at radius 1 is 1.23 bits per heavy atom. The van der Waals surface area contributed by atoms with E-state index in [4.69, 9.17) is 4.74 Å². The van der Waals surface area contributed by atoms with Gasteiger partial charge in [0.05, 0.1) is 24.4 Å². The predicted molar refractivity (Wildman–Crippen MR) is 97.0 cm³/mol. The third kappa shape index (κ3) is 2.83. The highest BCUT2D eigenvalue weighted by atomic mass is 16.5. The van der Waals surface area contributed by atoms with Crippen molar-refractivity contribution < 1.29 is 19.4 Å². The minimum Gasteiger partial charge on any atom is -0.503 e. The topological polar surface area (TPSA) is 79.7 Å². The molecule has 6 heteroatoms. The molecule has 0 saturated heterocycles. The molecule has 6 nitrogen and oxygen atoms in total. The lowest BCUT2D eigenvalue weighted by Crippen LogP contribution is -2.31. The Morgan fingerprint density at radius 2 is 1.96 bits per heavy atom. The van der Waals surface area contributed by atoms with E-state index in [1.54, 1.807) is 62.6 Å². The summed E-state index contributed by atoms with van der Waals surface area (Å²) in [5.74, 6) is -1.32. The summed E-state index contributed by atoms with van der Waals surface area (Å²) in [6.07, 6.45) is 3.20. The summed E-state index contributed by atoms with van der Waals surface area (Å²) in [5, 5.41) is 10.5. The van der Waals surface area contributed by atoms with Crippen LogP contribution < -0.4 is 9.64 Å². The van der Waals surface area contributed by atoms with E-state index < -0.39 is 17.7 Å². The van der Waals surface area contributed by atoms with Crippen molar-refractivity contribution in [2.75, 3.05) is 12.0 Å². The number of pyridine rings is 1. The van der Waals surface area contributed by atoms with Gasteiger partial charge >= 0.3 is 0 Å². The van der Waals surface area contributed by atoms with Gasteiger partial charge in [-0.3, -0.25) is 19.5 Å². The summed E-state index contributed by atoms with van der Waals surface area (Å²) in [4.78, 5) is 31.1. The summed E-state index contributed by atoms with van der Waals surface area (Å²) in [7, 11) is 1.51. The number of rotatable bonds is 5. The van der Waals surface area contributed by atoms with Crippen LogP contribution in [-0.4, -0.2) is 28.9 Å². The number of nitrogens with zero attached hydrogens (tertiary/aromatic N) is 2. The predicted octanol–water partition coefficient (Wildman–Crippen LogP) is 3.22. The Morgan fingerprint density at radius 3 is 2.58 bits per heavy atom. The fraction of sp³-hybridized carbons (Fsp3) is 0.250.